The second-order valence-electron chi connectivity index (χ2n) is 4.34. The van der Waals surface area contributed by atoms with Gasteiger partial charge in [0.1, 0.15) is 0 Å². The molecule has 4 N–H and O–H groups in total. The number of nitrogens with zero attached hydrogens (tertiary/aromatic N) is 1. The summed E-state index contributed by atoms with van der Waals surface area (Å²) >= 11 is 0. The maximum Gasteiger partial charge on any atom is 0.332 e. The summed E-state index contributed by atoms with van der Waals surface area (Å²) in [6.45, 7) is 1.70. The molecule has 0 radical (unpaired) electrons. The lowest BCUT2D eigenvalue weighted by Crippen LogP contribution is -2.38. The van der Waals surface area contributed by atoms with Crippen molar-refractivity contribution in [2.75, 3.05) is 33.7 Å². The Morgan fingerprint density at radius 3 is 2.33 bits per heavy atom. The van der Waals surface area contributed by atoms with E-state index in [2.05, 4.69) is 15.5 Å². The number of hydrogen-bond acceptors (Lipinski definition) is 4. The molecule has 7 nitrogen and oxygen atoms in total. The number of carbonyl (C=O) groups is 2. The van der Waals surface area contributed by atoms with Gasteiger partial charge in [0.15, 0.2) is 6.10 Å². The van der Waals surface area contributed by atoms with Gasteiger partial charge in [0.05, 0.1) is 0 Å². The molecule has 0 bridgehead atoms. The lowest BCUT2D eigenvalue weighted by Gasteiger charge is -2.10. The minimum absolute atomic E-state index is 0.00336. The average Bonchev–Trinajstić information content (AvgIpc) is 2.27. The van der Waals surface area contributed by atoms with E-state index in [1.165, 1.54) is 0 Å². The molecular formula is C11H23N3O4. The zero-order valence-corrected chi connectivity index (χ0v) is 11.0. The molecule has 0 unspecified atom stereocenters. The second-order valence-corrected chi connectivity index (χ2v) is 4.34. The summed E-state index contributed by atoms with van der Waals surface area (Å²) in [4.78, 5) is 23.6. The van der Waals surface area contributed by atoms with Crippen LogP contribution >= 0.6 is 0 Å². The van der Waals surface area contributed by atoms with Gasteiger partial charge in [0.2, 0.25) is 0 Å². The summed E-state index contributed by atoms with van der Waals surface area (Å²) in [6.07, 6.45) is 0.475. The van der Waals surface area contributed by atoms with Crippen LogP contribution < -0.4 is 10.6 Å². The predicted octanol–water partition coefficient (Wildman–Crippen LogP) is -0.537. The number of aliphatic carboxylic acids is 1. The average molecular weight is 261 g/mol. The van der Waals surface area contributed by atoms with Gasteiger partial charge in [0.25, 0.3) is 0 Å². The zero-order chi connectivity index (χ0) is 14.0. The molecule has 0 aromatic rings. The van der Waals surface area contributed by atoms with E-state index in [9.17, 15) is 9.59 Å². The molecule has 0 rings (SSSR count). The van der Waals surface area contributed by atoms with Crippen molar-refractivity contribution in [3.05, 3.63) is 0 Å². The third-order valence-electron chi connectivity index (χ3n) is 2.31. The summed E-state index contributed by atoms with van der Waals surface area (Å²) in [5.41, 5.74) is 0. The highest BCUT2D eigenvalue weighted by Gasteiger charge is 2.12. The number of carboxylic acids is 1. The van der Waals surface area contributed by atoms with Crippen LogP contribution in [0.15, 0.2) is 0 Å². The minimum Gasteiger partial charge on any atom is -0.479 e. The summed E-state index contributed by atoms with van der Waals surface area (Å²) in [7, 11) is 3.99. The first-order valence-electron chi connectivity index (χ1n) is 6.00. The molecular weight excluding hydrogens is 238 g/mol. The normalized spacial score (nSPS) is 12.2. The van der Waals surface area contributed by atoms with Gasteiger partial charge in [-0.25, -0.2) is 9.59 Å². The monoisotopic (exact) mass is 261 g/mol. The van der Waals surface area contributed by atoms with Crippen LogP contribution in [0.1, 0.15) is 19.3 Å². The van der Waals surface area contributed by atoms with Gasteiger partial charge in [-0.05, 0) is 33.5 Å². The topological polar surface area (TPSA) is 102 Å². The molecule has 106 valence electrons. The van der Waals surface area contributed by atoms with Crippen LogP contribution in [0.5, 0.6) is 0 Å². The van der Waals surface area contributed by atoms with Crippen LogP contribution in [0.3, 0.4) is 0 Å². The highest BCUT2D eigenvalue weighted by molar-refractivity contribution is 5.74. The number of unbranched alkanes of at least 4 members (excludes halogenated alkanes) is 1. The molecule has 0 aliphatic carbocycles. The Bertz CT molecular complexity index is 259. The largest absolute Gasteiger partial charge is 0.479 e. The van der Waals surface area contributed by atoms with E-state index in [1.807, 2.05) is 14.1 Å². The first kappa shape index (κ1) is 16.7. The summed E-state index contributed by atoms with van der Waals surface area (Å²) < 4.78 is 0. The van der Waals surface area contributed by atoms with E-state index >= 15 is 0 Å². The molecule has 1 atom stereocenters. The Hall–Kier alpha value is -1.34. The number of carboxylic acid groups (broad SMARTS) is 1. The number of urea groups is 1. The van der Waals surface area contributed by atoms with Crippen molar-refractivity contribution in [2.45, 2.75) is 25.4 Å². The van der Waals surface area contributed by atoms with Gasteiger partial charge in [0, 0.05) is 19.5 Å². The minimum atomic E-state index is -1.43. The molecule has 0 heterocycles. The number of aliphatic hydroxyl groups excluding tert-OH is 1. The molecule has 0 saturated carbocycles. The Balaban J connectivity index is 3.41. The molecule has 2 amide bonds. The Labute approximate surface area is 107 Å². The second kappa shape index (κ2) is 9.67. The van der Waals surface area contributed by atoms with E-state index < -0.39 is 12.1 Å². The predicted molar refractivity (Wildman–Crippen MR) is 67.4 cm³/mol. The van der Waals surface area contributed by atoms with Crippen LogP contribution in [0.4, 0.5) is 4.79 Å². The number of hydrogen-bond donors (Lipinski definition) is 4. The maximum absolute atomic E-state index is 11.2. The van der Waals surface area contributed by atoms with Crippen molar-refractivity contribution in [2.24, 2.45) is 0 Å². The van der Waals surface area contributed by atoms with Crippen molar-refractivity contribution in [3.63, 3.8) is 0 Å². The highest BCUT2D eigenvalue weighted by atomic mass is 16.4. The summed E-state index contributed by atoms with van der Waals surface area (Å²) in [6, 6.07) is -0.336. The third kappa shape index (κ3) is 9.86. The van der Waals surface area contributed by atoms with Crippen LogP contribution in [-0.2, 0) is 4.79 Å². The van der Waals surface area contributed by atoms with E-state index in [0.717, 1.165) is 19.4 Å². The Morgan fingerprint density at radius 2 is 1.78 bits per heavy atom. The molecule has 0 fully saturated rings. The van der Waals surface area contributed by atoms with Gasteiger partial charge in [-0.1, -0.05) is 0 Å². The van der Waals surface area contributed by atoms with Crippen molar-refractivity contribution in [1.82, 2.24) is 15.5 Å². The quantitative estimate of drug-likeness (QED) is 0.418. The van der Waals surface area contributed by atoms with E-state index in [0.29, 0.717) is 6.54 Å². The maximum atomic E-state index is 11.2. The van der Waals surface area contributed by atoms with Crippen LogP contribution in [0.25, 0.3) is 0 Å². The van der Waals surface area contributed by atoms with Crippen molar-refractivity contribution in [1.29, 1.82) is 0 Å². The SMILES string of the molecule is CN(C)CCCCNC(=O)NCC[C@H](O)C(=O)O. The van der Waals surface area contributed by atoms with Gasteiger partial charge in [-0.15, -0.1) is 0 Å². The molecule has 0 aliphatic rings. The molecule has 7 heteroatoms. The van der Waals surface area contributed by atoms with Gasteiger partial charge < -0.3 is 25.7 Å². The number of amides is 2. The molecule has 18 heavy (non-hydrogen) atoms. The Morgan fingerprint density at radius 1 is 1.17 bits per heavy atom. The van der Waals surface area contributed by atoms with Crippen molar-refractivity contribution >= 4 is 12.0 Å². The molecule has 0 aromatic heterocycles. The first-order chi connectivity index (χ1) is 8.43. The standard InChI is InChI=1S/C11H23N3O4/c1-14(2)8-4-3-6-12-11(18)13-7-5-9(15)10(16)17/h9,15H,3-8H2,1-2H3,(H,16,17)(H2,12,13,18)/t9-/m0/s1. The van der Waals surface area contributed by atoms with Crippen molar-refractivity contribution in [3.8, 4) is 0 Å². The zero-order valence-electron chi connectivity index (χ0n) is 11.0. The summed E-state index contributed by atoms with van der Waals surface area (Å²) in [5, 5.41) is 22.5. The van der Waals surface area contributed by atoms with E-state index in [-0.39, 0.29) is 19.0 Å². The fourth-order valence-corrected chi connectivity index (χ4v) is 1.26. The van der Waals surface area contributed by atoms with Gasteiger partial charge in [-0.2, -0.15) is 0 Å². The van der Waals surface area contributed by atoms with E-state index in [4.69, 9.17) is 10.2 Å². The van der Waals surface area contributed by atoms with E-state index in [1.54, 1.807) is 0 Å². The highest BCUT2D eigenvalue weighted by Crippen LogP contribution is 1.90. The van der Waals surface area contributed by atoms with Crippen LogP contribution in [-0.4, -0.2) is 66.9 Å². The third-order valence-corrected chi connectivity index (χ3v) is 2.31. The number of carbonyl (C=O) groups excluding carboxylic acids is 1. The number of nitrogens with one attached hydrogen (secondary N) is 2. The number of aliphatic hydroxyl groups is 1. The van der Waals surface area contributed by atoms with Crippen LogP contribution in [0, 0.1) is 0 Å². The van der Waals surface area contributed by atoms with Gasteiger partial charge in [-0.3, -0.25) is 0 Å². The molecule has 0 saturated heterocycles. The van der Waals surface area contributed by atoms with Gasteiger partial charge >= 0.3 is 12.0 Å². The summed E-state index contributed by atoms with van der Waals surface area (Å²) in [5.74, 6) is -1.28. The fourth-order valence-electron chi connectivity index (χ4n) is 1.26. The Kier molecular flexibility index (Phi) is 8.95. The van der Waals surface area contributed by atoms with Crippen LogP contribution in [0.2, 0.25) is 0 Å². The molecule has 0 spiro atoms. The fraction of sp³-hybridized carbons (Fsp3) is 0.818. The number of rotatable bonds is 9. The smallest absolute Gasteiger partial charge is 0.332 e. The molecule has 0 aliphatic heterocycles. The lowest BCUT2D eigenvalue weighted by molar-refractivity contribution is -0.146. The lowest BCUT2D eigenvalue weighted by atomic mass is 10.2. The molecule has 0 aromatic carbocycles. The first-order valence-corrected chi connectivity index (χ1v) is 6.00. The van der Waals surface area contributed by atoms with Crippen molar-refractivity contribution < 1.29 is 19.8 Å².